The molecule has 1 aliphatic heterocycles. The van der Waals surface area contributed by atoms with Crippen LogP contribution in [0.2, 0.25) is 0 Å². The Morgan fingerprint density at radius 2 is 2.05 bits per heavy atom. The number of imidazole rings is 1. The SMILES string of the molecule is C[C@@H]1[C@@H](C)n2c(=S)[nH]c3cccc(c32)CN1CC1CC1. The number of nitrogens with one attached hydrogen (secondary N) is 1. The molecule has 2 aliphatic rings. The molecular formula is C16H21N3S. The molecule has 0 unspecified atom stereocenters. The van der Waals surface area contributed by atoms with Gasteiger partial charge in [-0.05, 0) is 56.5 Å². The van der Waals surface area contributed by atoms with E-state index in [-0.39, 0.29) is 0 Å². The van der Waals surface area contributed by atoms with Crippen molar-refractivity contribution in [2.24, 2.45) is 5.92 Å². The number of aromatic nitrogens is 2. The molecule has 1 aliphatic carbocycles. The summed E-state index contributed by atoms with van der Waals surface area (Å²) in [7, 11) is 0. The van der Waals surface area contributed by atoms with Crippen molar-refractivity contribution in [3.63, 3.8) is 0 Å². The number of benzene rings is 1. The monoisotopic (exact) mass is 287 g/mol. The lowest BCUT2D eigenvalue weighted by atomic mass is 10.1. The van der Waals surface area contributed by atoms with E-state index in [9.17, 15) is 0 Å². The minimum atomic E-state index is 0.415. The van der Waals surface area contributed by atoms with Crippen molar-refractivity contribution < 1.29 is 0 Å². The number of hydrogen-bond acceptors (Lipinski definition) is 2. The van der Waals surface area contributed by atoms with Crippen molar-refractivity contribution in [3.05, 3.63) is 28.5 Å². The van der Waals surface area contributed by atoms with Gasteiger partial charge in [0.1, 0.15) is 0 Å². The first-order valence-electron chi connectivity index (χ1n) is 7.61. The van der Waals surface area contributed by atoms with E-state index in [0.29, 0.717) is 12.1 Å². The molecule has 0 bridgehead atoms. The molecule has 2 aromatic rings. The lowest BCUT2D eigenvalue weighted by molar-refractivity contribution is 0.156. The predicted octanol–water partition coefficient (Wildman–Crippen LogP) is 3.87. The summed E-state index contributed by atoms with van der Waals surface area (Å²) >= 11 is 5.56. The van der Waals surface area contributed by atoms with Gasteiger partial charge in [0.15, 0.2) is 4.77 Å². The highest BCUT2D eigenvalue weighted by atomic mass is 32.1. The normalized spacial score (nSPS) is 26.9. The third kappa shape index (κ3) is 1.85. The minimum Gasteiger partial charge on any atom is -0.331 e. The summed E-state index contributed by atoms with van der Waals surface area (Å²) in [5.41, 5.74) is 3.90. The fourth-order valence-electron chi connectivity index (χ4n) is 3.52. The van der Waals surface area contributed by atoms with Crippen LogP contribution in [-0.2, 0) is 6.54 Å². The molecule has 1 aromatic heterocycles. The van der Waals surface area contributed by atoms with Crippen LogP contribution in [0, 0.1) is 10.7 Å². The first-order chi connectivity index (χ1) is 9.65. The van der Waals surface area contributed by atoms with Crippen molar-refractivity contribution >= 4 is 23.3 Å². The van der Waals surface area contributed by atoms with Gasteiger partial charge in [0.05, 0.1) is 11.0 Å². The van der Waals surface area contributed by atoms with Gasteiger partial charge in [-0.2, -0.15) is 0 Å². The van der Waals surface area contributed by atoms with E-state index in [1.165, 1.54) is 36.0 Å². The number of hydrogen-bond donors (Lipinski definition) is 1. The molecule has 2 atom stereocenters. The molecule has 3 nitrogen and oxygen atoms in total. The predicted molar refractivity (Wildman–Crippen MR) is 84.4 cm³/mol. The third-order valence-corrected chi connectivity index (χ3v) is 5.36. The maximum absolute atomic E-state index is 5.56. The molecule has 0 saturated heterocycles. The van der Waals surface area contributed by atoms with Crippen molar-refractivity contribution in [2.75, 3.05) is 6.54 Å². The highest BCUT2D eigenvalue weighted by Crippen LogP contribution is 2.35. The summed E-state index contributed by atoms with van der Waals surface area (Å²) in [4.78, 5) is 6.02. The fourth-order valence-corrected chi connectivity index (χ4v) is 3.88. The van der Waals surface area contributed by atoms with Gasteiger partial charge in [-0.3, -0.25) is 4.90 Å². The summed E-state index contributed by atoms with van der Waals surface area (Å²) in [5.74, 6) is 0.927. The molecule has 1 N–H and O–H groups in total. The quantitative estimate of drug-likeness (QED) is 0.848. The van der Waals surface area contributed by atoms with Crippen molar-refractivity contribution in [3.8, 4) is 0 Å². The van der Waals surface area contributed by atoms with Crippen molar-refractivity contribution in [1.29, 1.82) is 0 Å². The van der Waals surface area contributed by atoms with E-state index in [4.69, 9.17) is 12.2 Å². The van der Waals surface area contributed by atoms with Gasteiger partial charge in [0.25, 0.3) is 0 Å². The van der Waals surface area contributed by atoms with Crippen LogP contribution in [0.25, 0.3) is 11.0 Å². The topological polar surface area (TPSA) is 24.0 Å². The zero-order valence-electron chi connectivity index (χ0n) is 12.1. The first-order valence-corrected chi connectivity index (χ1v) is 8.02. The smallest absolute Gasteiger partial charge is 0.178 e. The fraction of sp³-hybridized carbons (Fsp3) is 0.562. The summed E-state index contributed by atoms with van der Waals surface area (Å²) in [6, 6.07) is 7.47. The Morgan fingerprint density at radius 1 is 1.25 bits per heavy atom. The lowest BCUT2D eigenvalue weighted by Gasteiger charge is -2.31. The van der Waals surface area contributed by atoms with Gasteiger partial charge >= 0.3 is 0 Å². The maximum atomic E-state index is 5.56. The van der Waals surface area contributed by atoms with Gasteiger partial charge in [0, 0.05) is 25.2 Å². The third-order valence-electron chi connectivity index (χ3n) is 5.07. The van der Waals surface area contributed by atoms with Gasteiger partial charge < -0.3 is 9.55 Å². The van der Waals surface area contributed by atoms with Crippen LogP contribution in [0.1, 0.15) is 38.3 Å². The summed E-state index contributed by atoms with van der Waals surface area (Å²) in [6.45, 7) is 6.93. The molecule has 0 radical (unpaired) electrons. The van der Waals surface area contributed by atoms with Gasteiger partial charge in [-0.1, -0.05) is 12.1 Å². The summed E-state index contributed by atoms with van der Waals surface area (Å²) in [6.07, 6.45) is 2.82. The summed E-state index contributed by atoms with van der Waals surface area (Å²) in [5, 5.41) is 0. The number of rotatable bonds is 2. The van der Waals surface area contributed by atoms with E-state index >= 15 is 0 Å². The van der Waals surface area contributed by atoms with E-state index in [1.54, 1.807) is 0 Å². The average molecular weight is 287 g/mol. The lowest BCUT2D eigenvalue weighted by Crippen LogP contribution is -2.37. The molecule has 1 fully saturated rings. The maximum Gasteiger partial charge on any atom is 0.178 e. The molecule has 1 saturated carbocycles. The number of nitrogens with zero attached hydrogens (tertiary/aromatic N) is 2. The van der Waals surface area contributed by atoms with E-state index < -0.39 is 0 Å². The van der Waals surface area contributed by atoms with Crippen molar-refractivity contribution in [1.82, 2.24) is 14.5 Å². The van der Waals surface area contributed by atoms with Crippen LogP contribution in [0.3, 0.4) is 0 Å². The van der Waals surface area contributed by atoms with Crippen LogP contribution in [0.15, 0.2) is 18.2 Å². The van der Waals surface area contributed by atoms with Crippen LogP contribution >= 0.6 is 12.2 Å². The van der Waals surface area contributed by atoms with Gasteiger partial charge in [0.2, 0.25) is 0 Å². The Labute approximate surface area is 124 Å². The minimum absolute atomic E-state index is 0.415. The Kier molecular flexibility index (Phi) is 2.79. The Bertz CT molecular complexity index is 710. The molecule has 4 rings (SSSR count). The number of H-pyrrole nitrogens is 1. The van der Waals surface area contributed by atoms with Gasteiger partial charge in [-0.15, -0.1) is 0 Å². The van der Waals surface area contributed by atoms with E-state index in [2.05, 4.69) is 46.5 Å². The van der Waals surface area contributed by atoms with Crippen LogP contribution < -0.4 is 0 Å². The molecule has 0 amide bonds. The Morgan fingerprint density at radius 3 is 2.80 bits per heavy atom. The van der Waals surface area contributed by atoms with Gasteiger partial charge in [-0.25, -0.2) is 0 Å². The molecule has 4 heteroatoms. The molecule has 2 heterocycles. The Balaban J connectivity index is 1.87. The van der Waals surface area contributed by atoms with Crippen LogP contribution in [0.5, 0.6) is 0 Å². The molecule has 20 heavy (non-hydrogen) atoms. The second-order valence-corrected chi connectivity index (χ2v) is 6.85. The highest BCUT2D eigenvalue weighted by Gasteiger charge is 2.32. The van der Waals surface area contributed by atoms with E-state index in [0.717, 1.165) is 17.2 Å². The zero-order chi connectivity index (χ0) is 13.9. The first kappa shape index (κ1) is 12.6. The van der Waals surface area contributed by atoms with Crippen molar-refractivity contribution in [2.45, 2.75) is 45.3 Å². The molecule has 0 spiro atoms. The molecular weight excluding hydrogens is 266 g/mol. The number of aromatic amines is 1. The van der Waals surface area contributed by atoms with E-state index in [1.807, 2.05) is 0 Å². The molecule has 106 valence electrons. The Hall–Kier alpha value is -1.13. The number of para-hydroxylation sites is 1. The standard InChI is InChI=1S/C16H21N3S/c1-10-11(2)19-15-13(9-18(10)8-12-6-7-12)4-3-5-14(15)17-16(19)20/h3-5,10-12H,6-9H2,1-2H3,(H,17,20)/t10-,11-/m1/s1. The second kappa shape index (κ2) is 4.43. The van der Waals surface area contributed by atoms with Crippen LogP contribution in [-0.4, -0.2) is 27.0 Å². The summed E-state index contributed by atoms with van der Waals surface area (Å²) < 4.78 is 3.19. The molecule has 1 aromatic carbocycles. The van der Waals surface area contributed by atoms with Crippen LogP contribution in [0.4, 0.5) is 0 Å². The zero-order valence-corrected chi connectivity index (χ0v) is 12.9. The largest absolute Gasteiger partial charge is 0.331 e. The second-order valence-electron chi connectivity index (χ2n) is 6.47. The highest BCUT2D eigenvalue weighted by molar-refractivity contribution is 7.71. The average Bonchev–Trinajstić information content (AvgIpc) is 3.18.